The van der Waals surface area contributed by atoms with Crippen molar-refractivity contribution < 1.29 is 8.42 Å². The van der Waals surface area contributed by atoms with E-state index in [0.29, 0.717) is 17.7 Å². The molecule has 0 aliphatic heterocycles. The van der Waals surface area contributed by atoms with Crippen LogP contribution < -0.4 is 4.72 Å². The molecule has 4 nitrogen and oxygen atoms in total. The molecular formula is C12H16N2O2S2. The van der Waals surface area contributed by atoms with Gasteiger partial charge in [0.2, 0.25) is 10.0 Å². The maximum absolute atomic E-state index is 11.9. The molecule has 0 aromatic heterocycles. The molecule has 98 valence electrons. The number of nitrogens with zero attached hydrogens (tertiary/aromatic N) is 1. The zero-order valence-corrected chi connectivity index (χ0v) is 12.1. The van der Waals surface area contributed by atoms with Crippen molar-refractivity contribution in [2.24, 2.45) is 0 Å². The average molecular weight is 284 g/mol. The highest BCUT2D eigenvalue weighted by molar-refractivity contribution is 7.98. The second-order valence-electron chi connectivity index (χ2n) is 3.83. The smallest absolute Gasteiger partial charge is 0.211 e. The van der Waals surface area contributed by atoms with Gasteiger partial charge in [0.15, 0.2) is 0 Å². The summed E-state index contributed by atoms with van der Waals surface area (Å²) in [6.45, 7) is 2.16. The third-order valence-corrected chi connectivity index (χ3v) is 4.60. The Kier molecular flexibility index (Phi) is 5.66. The van der Waals surface area contributed by atoms with Crippen LogP contribution >= 0.6 is 11.8 Å². The Bertz CT molecular complexity index is 548. The zero-order valence-electron chi connectivity index (χ0n) is 10.4. The molecule has 0 radical (unpaired) electrons. The van der Waals surface area contributed by atoms with Crippen molar-refractivity contribution in [2.45, 2.75) is 18.2 Å². The van der Waals surface area contributed by atoms with Gasteiger partial charge in [-0.3, -0.25) is 0 Å². The van der Waals surface area contributed by atoms with Gasteiger partial charge in [0.25, 0.3) is 0 Å². The van der Waals surface area contributed by atoms with E-state index in [1.54, 1.807) is 18.7 Å². The van der Waals surface area contributed by atoms with E-state index in [0.717, 1.165) is 12.2 Å². The van der Waals surface area contributed by atoms with Crippen LogP contribution in [0.5, 0.6) is 0 Å². The summed E-state index contributed by atoms with van der Waals surface area (Å²) in [6.07, 6.45) is 2.79. The average Bonchev–Trinajstić information content (AvgIpc) is 2.34. The summed E-state index contributed by atoms with van der Waals surface area (Å²) in [4.78, 5) is 0.211. The van der Waals surface area contributed by atoms with Gasteiger partial charge >= 0.3 is 0 Å². The molecule has 1 aromatic rings. The number of rotatable bonds is 6. The molecule has 0 saturated heterocycles. The van der Waals surface area contributed by atoms with E-state index in [-0.39, 0.29) is 4.90 Å². The lowest BCUT2D eigenvalue weighted by atomic mass is 10.1. The van der Waals surface area contributed by atoms with Crippen LogP contribution in [-0.4, -0.2) is 27.0 Å². The van der Waals surface area contributed by atoms with Crippen LogP contribution in [0.25, 0.3) is 0 Å². The molecule has 0 unspecified atom stereocenters. The van der Waals surface area contributed by atoms with E-state index in [1.807, 2.05) is 12.3 Å². The minimum Gasteiger partial charge on any atom is -0.211 e. The zero-order chi connectivity index (χ0) is 13.6. The van der Waals surface area contributed by atoms with Gasteiger partial charge in [0.05, 0.1) is 16.5 Å². The normalized spacial score (nSPS) is 11.2. The highest BCUT2D eigenvalue weighted by atomic mass is 32.2. The fourth-order valence-corrected chi connectivity index (χ4v) is 3.03. The Morgan fingerprint density at radius 3 is 2.72 bits per heavy atom. The summed E-state index contributed by atoms with van der Waals surface area (Å²) < 4.78 is 26.4. The maximum Gasteiger partial charge on any atom is 0.240 e. The first kappa shape index (κ1) is 15.0. The summed E-state index contributed by atoms with van der Waals surface area (Å²) in [5, 5.41) is 8.80. The predicted molar refractivity (Wildman–Crippen MR) is 74.1 cm³/mol. The topological polar surface area (TPSA) is 70.0 Å². The van der Waals surface area contributed by atoms with E-state index in [1.165, 1.54) is 18.2 Å². The Labute approximate surface area is 112 Å². The van der Waals surface area contributed by atoms with Crippen molar-refractivity contribution in [3.05, 3.63) is 29.3 Å². The van der Waals surface area contributed by atoms with Gasteiger partial charge in [-0.05, 0) is 49.1 Å². The van der Waals surface area contributed by atoms with E-state index in [9.17, 15) is 8.42 Å². The molecule has 18 heavy (non-hydrogen) atoms. The maximum atomic E-state index is 11.9. The second kappa shape index (κ2) is 6.78. The molecule has 0 fully saturated rings. The molecule has 0 amide bonds. The number of thioether (sulfide) groups is 1. The van der Waals surface area contributed by atoms with Crippen molar-refractivity contribution in [1.29, 1.82) is 5.26 Å². The third-order valence-electron chi connectivity index (χ3n) is 2.45. The summed E-state index contributed by atoms with van der Waals surface area (Å²) >= 11 is 1.68. The molecule has 0 aliphatic carbocycles. The molecule has 0 atom stereocenters. The van der Waals surface area contributed by atoms with Crippen molar-refractivity contribution >= 4 is 21.8 Å². The Morgan fingerprint density at radius 1 is 1.44 bits per heavy atom. The van der Waals surface area contributed by atoms with Crippen molar-refractivity contribution in [3.63, 3.8) is 0 Å². The lowest BCUT2D eigenvalue weighted by Gasteiger charge is -2.07. The Balaban J connectivity index is 2.80. The number of sulfonamides is 1. The molecule has 6 heteroatoms. The Hall–Kier alpha value is -1.03. The summed E-state index contributed by atoms with van der Waals surface area (Å²) in [6, 6.07) is 6.53. The molecular weight excluding hydrogens is 268 g/mol. The fraction of sp³-hybridized carbons (Fsp3) is 0.417. The van der Waals surface area contributed by atoms with Gasteiger partial charge in [-0.2, -0.15) is 17.0 Å². The third kappa shape index (κ3) is 4.02. The lowest BCUT2D eigenvalue weighted by molar-refractivity contribution is 0.581. The van der Waals surface area contributed by atoms with Gasteiger partial charge < -0.3 is 0 Å². The number of benzene rings is 1. The van der Waals surface area contributed by atoms with Gasteiger partial charge in [-0.15, -0.1) is 0 Å². The summed E-state index contributed by atoms with van der Waals surface area (Å²) in [7, 11) is -3.46. The molecule has 1 N–H and O–H groups in total. The van der Waals surface area contributed by atoms with Crippen LogP contribution in [0.1, 0.15) is 17.5 Å². The second-order valence-corrected chi connectivity index (χ2v) is 6.59. The van der Waals surface area contributed by atoms with Crippen LogP contribution in [0.2, 0.25) is 0 Å². The number of hydrogen-bond acceptors (Lipinski definition) is 4. The molecule has 0 spiro atoms. The molecule has 1 rings (SSSR count). The van der Waals surface area contributed by atoms with Crippen LogP contribution in [-0.2, 0) is 10.0 Å². The van der Waals surface area contributed by atoms with Crippen LogP contribution in [0, 0.1) is 18.3 Å². The predicted octanol–water partition coefficient (Wildman–Crippen LogP) is 1.90. The van der Waals surface area contributed by atoms with E-state index in [2.05, 4.69) is 4.72 Å². The first-order valence-electron chi connectivity index (χ1n) is 5.50. The first-order chi connectivity index (χ1) is 8.51. The summed E-state index contributed by atoms with van der Waals surface area (Å²) in [5.41, 5.74) is 1.17. The standard InChI is InChI=1S/C12H16N2O2S2/c1-10-8-12(5-4-11(10)9-13)18(15,16)14-6-3-7-17-2/h4-5,8,14H,3,6-7H2,1-2H3. The fourth-order valence-electron chi connectivity index (χ4n) is 1.44. The highest BCUT2D eigenvalue weighted by Crippen LogP contribution is 2.14. The SMILES string of the molecule is CSCCCNS(=O)(=O)c1ccc(C#N)c(C)c1. The molecule has 0 heterocycles. The van der Waals surface area contributed by atoms with Crippen molar-refractivity contribution in [3.8, 4) is 6.07 Å². The Morgan fingerprint density at radius 2 is 2.17 bits per heavy atom. The van der Waals surface area contributed by atoms with Crippen LogP contribution in [0.15, 0.2) is 23.1 Å². The van der Waals surface area contributed by atoms with E-state index < -0.39 is 10.0 Å². The summed E-state index contributed by atoms with van der Waals surface area (Å²) in [5.74, 6) is 0.926. The van der Waals surface area contributed by atoms with Crippen molar-refractivity contribution in [1.82, 2.24) is 4.72 Å². The number of aryl methyl sites for hydroxylation is 1. The van der Waals surface area contributed by atoms with Crippen LogP contribution in [0.4, 0.5) is 0 Å². The number of hydrogen-bond donors (Lipinski definition) is 1. The largest absolute Gasteiger partial charge is 0.240 e. The number of nitriles is 1. The lowest BCUT2D eigenvalue weighted by Crippen LogP contribution is -2.25. The van der Waals surface area contributed by atoms with Crippen molar-refractivity contribution in [2.75, 3.05) is 18.6 Å². The van der Waals surface area contributed by atoms with E-state index >= 15 is 0 Å². The van der Waals surface area contributed by atoms with E-state index in [4.69, 9.17) is 5.26 Å². The first-order valence-corrected chi connectivity index (χ1v) is 8.38. The molecule has 0 aliphatic rings. The van der Waals surface area contributed by atoms with Gasteiger partial charge in [0.1, 0.15) is 0 Å². The van der Waals surface area contributed by atoms with Gasteiger partial charge in [-0.1, -0.05) is 0 Å². The monoisotopic (exact) mass is 284 g/mol. The minimum absolute atomic E-state index is 0.211. The molecule has 0 bridgehead atoms. The highest BCUT2D eigenvalue weighted by Gasteiger charge is 2.14. The minimum atomic E-state index is -3.46. The van der Waals surface area contributed by atoms with Crippen LogP contribution in [0.3, 0.4) is 0 Å². The van der Waals surface area contributed by atoms with Gasteiger partial charge in [0, 0.05) is 6.54 Å². The molecule has 1 aromatic carbocycles. The quantitative estimate of drug-likeness (QED) is 0.810. The number of nitrogens with one attached hydrogen (secondary N) is 1. The molecule has 0 saturated carbocycles. The van der Waals surface area contributed by atoms with Gasteiger partial charge in [-0.25, -0.2) is 13.1 Å².